The number of ether oxygens (including phenoxy) is 2. The molecule has 2 heterocycles. The average Bonchev–Trinajstić information content (AvgIpc) is 3.02. The molecule has 0 unspecified atom stereocenters. The summed E-state index contributed by atoms with van der Waals surface area (Å²) in [4.78, 5) is 25.7. The van der Waals surface area contributed by atoms with Crippen LogP contribution in [0.1, 0.15) is 55.6 Å². The molecule has 7 heteroatoms. The summed E-state index contributed by atoms with van der Waals surface area (Å²) in [7, 11) is 1.37. The molecular weight excluding hydrogens is 334 g/mol. The smallest absolute Gasteiger partial charge is 0.410 e. The number of amides is 1. The second kappa shape index (κ2) is 6.97. The van der Waals surface area contributed by atoms with Gasteiger partial charge in [0.25, 0.3) is 0 Å². The van der Waals surface area contributed by atoms with Crippen molar-refractivity contribution in [1.82, 2.24) is 15.1 Å². The van der Waals surface area contributed by atoms with Crippen molar-refractivity contribution in [3.63, 3.8) is 0 Å². The molecule has 1 aromatic heterocycles. The van der Waals surface area contributed by atoms with Crippen molar-refractivity contribution in [2.45, 2.75) is 45.1 Å². The fourth-order valence-electron chi connectivity index (χ4n) is 3.25. The summed E-state index contributed by atoms with van der Waals surface area (Å²) < 4.78 is 10.2. The van der Waals surface area contributed by atoms with Crippen molar-refractivity contribution >= 4 is 23.0 Å². The van der Waals surface area contributed by atoms with Crippen LogP contribution >= 0.6 is 0 Å². The average molecular weight is 359 g/mol. The van der Waals surface area contributed by atoms with Crippen LogP contribution in [0.4, 0.5) is 4.79 Å². The number of hydrogen-bond acceptors (Lipinski definition) is 5. The first-order valence-electron chi connectivity index (χ1n) is 8.83. The summed E-state index contributed by atoms with van der Waals surface area (Å²) >= 11 is 0. The maximum atomic E-state index is 12.2. The number of nitrogens with zero attached hydrogens (tertiary/aromatic N) is 2. The minimum absolute atomic E-state index is 0.232. The van der Waals surface area contributed by atoms with Crippen LogP contribution in [0.3, 0.4) is 0 Å². The number of piperidine rings is 1. The lowest BCUT2D eigenvalue weighted by Gasteiger charge is -2.33. The van der Waals surface area contributed by atoms with Crippen LogP contribution in [0, 0.1) is 0 Å². The third kappa shape index (κ3) is 3.81. The van der Waals surface area contributed by atoms with Gasteiger partial charge in [0.15, 0.2) is 0 Å². The topological polar surface area (TPSA) is 84.5 Å². The predicted octanol–water partition coefficient (Wildman–Crippen LogP) is 3.46. The zero-order valence-corrected chi connectivity index (χ0v) is 15.7. The van der Waals surface area contributed by atoms with E-state index >= 15 is 0 Å². The highest BCUT2D eigenvalue weighted by Crippen LogP contribution is 2.32. The van der Waals surface area contributed by atoms with E-state index in [4.69, 9.17) is 9.47 Å². The van der Waals surface area contributed by atoms with Crippen LogP contribution < -0.4 is 0 Å². The molecule has 2 aromatic rings. The largest absolute Gasteiger partial charge is 0.465 e. The van der Waals surface area contributed by atoms with E-state index in [9.17, 15) is 9.59 Å². The molecule has 1 saturated heterocycles. The Hall–Kier alpha value is -2.57. The van der Waals surface area contributed by atoms with Gasteiger partial charge in [0.05, 0.1) is 23.9 Å². The van der Waals surface area contributed by atoms with Crippen LogP contribution in [0.25, 0.3) is 10.9 Å². The number of aromatic amines is 1. The molecule has 1 N–H and O–H groups in total. The van der Waals surface area contributed by atoms with E-state index in [1.165, 1.54) is 7.11 Å². The molecule has 7 nitrogen and oxygen atoms in total. The van der Waals surface area contributed by atoms with Gasteiger partial charge < -0.3 is 14.4 Å². The number of aromatic nitrogens is 2. The normalized spacial score (nSPS) is 15.9. The second-order valence-corrected chi connectivity index (χ2v) is 7.60. The van der Waals surface area contributed by atoms with Gasteiger partial charge in [0, 0.05) is 24.4 Å². The molecule has 0 bridgehead atoms. The monoisotopic (exact) mass is 359 g/mol. The number of esters is 1. The standard InChI is InChI=1S/C19H25N3O4/c1-19(2,3)26-18(24)22-9-7-12(8-10-22)16-14-11-13(17(23)25-4)5-6-15(14)20-21-16/h5-6,11-12H,7-10H2,1-4H3,(H,20,21). The Kier molecular flexibility index (Phi) is 4.89. The molecule has 3 rings (SSSR count). The molecule has 26 heavy (non-hydrogen) atoms. The molecule has 1 amide bonds. The van der Waals surface area contributed by atoms with Gasteiger partial charge in [0.1, 0.15) is 5.60 Å². The van der Waals surface area contributed by atoms with Crippen molar-refractivity contribution in [3.05, 3.63) is 29.5 Å². The quantitative estimate of drug-likeness (QED) is 0.830. The zero-order valence-electron chi connectivity index (χ0n) is 15.7. The number of carbonyl (C=O) groups excluding carboxylic acids is 2. The van der Waals surface area contributed by atoms with Crippen LogP contribution in [0.15, 0.2) is 18.2 Å². The number of fused-ring (bicyclic) bond motifs is 1. The van der Waals surface area contributed by atoms with Gasteiger partial charge >= 0.3 is 12.1 Å². The number of rotatable bonds is 2. The highest BCUT2D eigenvalue weighted by Gasteiger charge is 2.29. The van der Waals surface area contributed by atoms with Gasteiger partial charge in [-0.3, -0.25) is 5.10 Å². The first-order chi connectivity index (χ1) is 12.3. The van der Waals surface area contributed by atoms with Gasteiger partial charge in [-0.25, -0.2) is 9.59 Å². The predicted molar refractivity (Wildman–Crippen MR) is 97.2 cm³/mol. The molecule has 0 spiro atoms. The second-order valence-electron chi connectivity index (χ2n) is 7.60. The van der Waals surface area contributed by atoms with Gasteiger partial charge in [-0.2, -0.15) is 5.10 Å². The number of nitrogens with one attached hydrogen (secondary N) is 1. The first kappa shape index (κ1) is 18.2. The minimum Gasteiger partial charge on any atom is -0.465 e. The van der Waals surface area contributed by atoms with E-state index in [-0.39, 0.29) is 18.0 Å². The van der Waals surface area contributed by atoms with Crippen molar-refractivity contribution in [2.75, 3.05) is 20.2 Å². The van der Waals surface area contributed by atoms with Crippen molar-refractivity contribution < 1.29 is 19.1 Å². The van der Waals surface area contributed by atoms with Crippen molar-refractivity contribution in [2.24, 2.45) is 0 Å². The first-order valence-corrected chi connectivity index (χ1v) is 8.83. The summed E-state index contributed by atoms with van der Waals surface area (Å²) in [5.74, 6) is -0.130. The summed E-state index contributed by atoms with van der Waals surface area (Å²) in [5, 5.41) is 8.42. The van der Waals surface area contributed by atoms with E-state index in [2.05, 4.69) is 10.2 Å². The van der Waals surface area contributed by atoms with Crippen molar-refractivity contribution in [3.8, 4) is 0 Å². The number of likely N-dealkylation sites (tertiary alicyclic amines) is 1. The van der Waals surface area contributed by atoms with E-state index in [1.807, 2.05) is 32.9 Å². The van der Waals surface area contributed by atoms with Gasteiger partial charge in [-0.15, -0.1) is 0 Å². The minimum atomic E-state index is -0.489. The lowest BCUT2D eigenvalue weighted by molar-refractivity contribution is 0.0204. The molecule has 0 atom stereocenters. The molecule has 0 saturated carbocycles. The molecule has 0 radical (unpaired) electrons. The lowest BCUT2D eigenvalue weighted by Crippen LogP contribution is -2.41. The highest BCUT2D eigenvalue weighted by atomic mass is 16.6. The number of carbonyl (C=O) groups is 2. The Morgan fingerprint density at radius 2 is 1.92 bits per heavy atom. The molecule has 140 valence electrons. The fourth-order valence-corrected chi connectivity index (χ4v) is 3.25. The van der Waals surface area contributed by atoms with Gasteiger partial charge in [-0.1, -0.05) is 0 Å². The van der Waals surface area contributed by atoms with Gasteiger partial charge in [-0.05, 0) is 51.8 Å². The van der Waals surface area contributed by atoms with E-state index in [1.54, 1.807) is 11.0 Å². The molecule has 0 aliphatic carbocycles. The summed E-state index contributed by atoms with van der Waals surface area (Å²) in [6.45, 7) is 6.86. The maximum Gasteiger partial charge on any atom is 0.410 e. The molecule has 1 aliphatic rings. The summed E-state index contributed by atoms with van der Waals surface area (Å²) in [6.07, 6.45) is 1.35. The molecule has 1 aliphatic heterocycles. The number of H-pyrrole nitrogens is 1. The summed E-state index contributed by atoms with van der Waals surface area (Å²) in [6, 6.07) is 5.38. The van der Waals surface area contributed by atoms with Crippen LogP contribution in [-0.4, -0.2) is 53.0 Å². The maximum absolute atomic E-state index is 12.2. The van der Waals surface area contributed by atoms with E-state index in [0.717, 1.165) is 29.4 Å². The number of benzene rings is 1. The lowest BCUT2D eigenvalue weighted by atomic mass is 9.91. The Balaban J connectivity index is 1.73. The Morgan fingerprint density at radius 1 is 1.23 bits per heavy atom. The Labute approximate surface area is 152 Å². The van der Waals surface area contributed by atoms with Gasteiger partial charge in [0.2, 0.25) is 0 Å². The van der Waals surface area contributed by atoms with E-state index < -0.39 is 5.60 Å². The van der Waals surface area contributed by atoms with Crippen LogP contribution in [-0.2, 0) is 9.47 Å². The third-order valence-corrected chi connectivity index (χ3v) is 4.55. The fraction of sp³-hybridized carbons (Fsp3) is 0.526. The zero-order chi connectivity index (χ0) is 18.9. The third-order valence-electron chi connectivity index (χ3n) is 4.55. The molecule has 1 aromatic carbocycles. The Morgan fingerprint density at radius 3 is 2.54 bits per heavy atom. The molecule has 1 fully saturated rings. The number of methoxy groups -OCH3 is 1. The Bertz CT molecular complexity index is 814. The highest BCUT2D eigenvalue weighted by molar-refractivity contribution is 5.95. The molecular formula is C19H25N3O4. The van der Waals surface area contributed by atoms with E-state index in [0.29, 0.717) is 18.7 Å². The SMILES string of the molecule is COC(=O)c1ccc2[nH]nc(C3CCN(C(=O)OC(C)(C)C)CC3)c2c1. The number of hydrogen-bond donors (Lipinski definition) is 1. The van der Waals surface area contributed by atoms with Crippen molar-refractivity contribution in [1.29, 1.82) is 0 Å². The summed E-state index contributed by atoms with van der Waals surface area (Å²) in [5.41, 5.74) is 1.85. The van der Waals surface area contributed by atoms with Crippen LogP contribution in [0.5, 0.6) is 0 Å². The van der Waals surface area contributed by atoms with Crippen LogP contribution in [0.2, 0.25) is 0 Å².